The number of pyridine rings is 1. The zero-order chi connectivity index (χ0) is 25.0. The molecule has 3 aromatic rings. The second kappa shape index (κ2) is 10.0. The van der Waals surface area contributed by atoms with Gasteiger partial charge in [0.05, 0.1) is 22.3 Å². The standard InChI is InChI=1S/C23H19ClF3N3O4/c1-12(2)33-19-6-4-15(11-17(19)24)34-20-9-13(23(25,26)27)3-5-16(20)22(32)30-14-7-8-29-18(10-14)21(28)31/h3-12H,1-2H3,(H2,28,31)(H,29,30,32). The summed E-state index contributed by atoms with van der Waals surface area (Å²) in [6, 6.07) is 9.41. The van der Waals surface area contributed by atoms with Crippen molar-refractivity contribution in [2.75, 3.05) is 5.32 Å². The monoisotopic (exact) mass is 493 g/mol. The van der Waals surface area contributed by atoms with Crippen LogP contribution in [0.5, 0.6) is 17.2 Å². The first-order chi connectivity index (χ1) is 15.9. The molecule has 0 spiro atoms. The highest BCUT2D eigenvalue weighted by molar-refractivity contribution is 6.32. The molecular formula is C23H19ClF3N3O4. The smallest absolute Gasteiger partial charge is 0.416 e. The highest BCUT2D eigenvalue weighted by Gasteiger charge is 2.32. The molecule has 0 fully saturated rings. The van der Waals surface area contributed by atoms with E-state index < -0.39 is 23.6 Å². The summed E-state index contributed by atoms with van der Waals surface area (Å²) in [5.74, 6) is -1.49. The van der Waals surface area contributed by atoms with Gasteiger partial charge in [-0.3, -0.25) is 14.6 Å². The Morgan fingerprint density at radius 1 is 1.06 bits per heavy atom. The molecule has 0 saturated heterocycles. The average molecular weight is 494 g/mol. The summed E-state index contributed by atoms with van der Waals surface area (Å²) < 4.78 is 51.1. The molecular weight excluding hydrogens is 475 g/mol. The topological polar surface area (TPSA) is 104 Å². The summed E-state index contributed by atoms with van der Waals surface area (Å²) in [5.41, 5.74) is 4.05. The Bertz CT molecular complexity index is 1230. The van der Waals surface area contributed by atoms with Crippen LogP contribution in [0.2, 0.25) is 5.02 Å². The molecule has 0 atom stereocenters. The minimum Gasteiger partial charge on any atom is -0.489 e. The van der Waals surface area contributed by atoms with Crippen LogP contribution in [0.4, 0.5) is 18.9 Å². The molecule has 178 valence electrons. The van der Waals surface area contributed by atoms with E-state index in [0.29, 0.717) is 11.8 Å². The highest BCUT2D eigenvalue weighted by atomic mass is 35.5. The maximum absolute atomic E-state index is 13.3. The Labute approximate surface area is 197 Å². The molecule has 1 aromatic heterocycles. The third-order valence-electron chi connectivity index (χ3n) is 4.32. The van der Waals surface area contributed by atoms with Crippen molar-refractivity contribution in [3.8, 4) is 17.2 Å². The summed E-state index contributed by atoms with van der Waals surface area (Å²) in [4.78, 5) is 27.9. The molecule has 0 radical (unpaired) electrons. The predicted octanol–water partition coefficient (Wildman–Crippen LogP) is 5.68. The summed E-state index contributed by atoms with van der Waals surface area (Å²) in [6.07, 6.45) is -3.56. The molecule has 0 aliphatic rings. The van der Waals surface area contributed by atoms with Crippen molar-refractivity contribution in [1.82, 2.24) is 4.98 Å². The number of ether oxygens (including phenoxy) is 2. The molecule has 2 aromatic carbocycles. The van der Waals surface area contributed by atoms with Gasteiger partial charge in [-0.1, -0.05) is 11.6 Å². The number of rotatable bonds is 7. The second-order valence-electron chi connectivity index (χ2n) is 7.32. The maximum atomic E-state index is 13.3. The van der Waals surface area contributed by atoms with Crippen LogP contribution in [0.15, 0.2) is 54.7 Å². The van der Waals surface area contributed by atoms with Gasteiger partial charge in [0.2, 0.25) is 0 Å². The van der Waals surface area contributed by atoms with Gasteiger partial charge >= 0.3 is 6.18 Å². The zero-order valence-electron chi connectivity index (χ0n) is 17.9. The Morgan fingerprint density at radius 3 is 2.41 bits per heavy atom. The van der Waals surface area contributed by atoms with E-state index in [2.05, 4.69) is 10.3 Å². The third-order valence-corrected chi connectivity index (χ3v) is 4.61. The van der Waals surface area contributed by atoms with Crippen LogP contribution in [-0.4, -0.2) is 22.9 Å². The first-order valence-electron chi connectivity index (χ1n) is 9.86. The number of halogens is 4. The van der Waals surface area contributed by atoms with Crippen molar-refractivity contribution in [2.45, 2.75) is 26.1 Å². The maximum Gasteiger partial charge on any atom is 0.416 e. The Balaban J connectivity index is 1.95. The number of carbonyl (C=O) groups is 2. The lowest BCUT2D eigenvalue weighted by atomic mass is 10.1. The van der Waals surface area contributed by atoms with Crippen molar-refractivity contribution in [3.05, 3.63) is 76.6 Å². The molecule has 34 heavy (non-hydrogen) atoms. The van der Waals surface area contributed by atoms with Gasteiger partial charge in [0.25, 0.3) is 11.8 Å². The van der Waals surface area contributed by atoms with Crippen LogP contribution >= 0.6 is 11.6 Å². The largest absolute Gasteiger partial charge is 0.489 e. The molecule has 0 saturated carbocycles. The first kappa shape index (κ1) is 24.8. The van der Waals surface area contributed by atoms with Crippen LogP contribution in [0, 0.1) is 0 Å². The fourth-order valence-electron chi connectivity index (χ4n) is 2.83. The molecule has 11 heteroatoms. The summed E-state index contributed by atoms with van der Waals surface area (Å²) in [7, 11) is 0. The predicted molar refractivity (Wildman–Crippen MR) is 119 cm³/mol. The van der Waals surface area contributed by atoms with E-state index in [-0.39, 0.29) is 39.6 Å². The fraction of sp³-hybridized carbons (Fsp3) is 0.174. The van der Waals surface area contributed by atoms with E-state index in [1.165, 1.54) is 36.5 Å². The lowest BCUT2D eigenvalue weighted by Crippen LogP contribution is -2.16. The van der Waals surface area contributed by atoms with Crippen molar-refractivity contribution in [3.63, 3.8) is 0 Å². The summed E-state index contributed by atoms with van der Waals surface area (Å²) in [5, 5.41) is 2.67. The van der Waals surface area contributed by atoms with Gasteiger partial charge in [-0.15, -0.1) is 0 Å². The minimum absolute atomic E-state index is 0.0920. The van der Waals surface area contributed by atoms with Crippen LogP contribution in [0.3, 0.4) is 0 Å². The van der Waals surface area contributed by atoms with Gasteiger partial charge in [0.1, 0.15) is 22.9 Å². The van der Waals surface area contributed by atoms with E-state index in [0.717, 1.165) is 12.1 Å². The molecule has 0 unspecified atom stereocenters. The number of nitrogens with two attached hydrogens (primary N) is 1. The summed E-state index contributed by atoms with van der Waals surface area (Å²) in [6.45, 7) is 3.62. The number of anilines is 1. The number of amides is 2. The van der Waals surface area contributed by atoms with E-state index in [4.69, 9.17) is 26.8 Å². The second-order valence-corrected chi connectivity index (χ2v) is 7.72. The van der Waals surface area contributed by atoms with Crippen LogP contribution < -0.4 is 20.5 Å². The minimum atomic E-state index is -4.67. The molecule has 7 nitrogen and oxygen atoms in total. The van der Waals surface area contributed by atoms with Crippen molar-refractivity contribution in [2.24, 2.45) is 5.73 Å². The van der Waals surface area contributed by atoms with Gasteiger partial charge < -0.3 is 20.5 Å². The highest BCUT2D eigenvalue weighted by Crippen LogP contribution is 2.37. The first-order valence-corrected chi connectivity index (χ1v) is 10.2. The van der Waals surface area contributed by atoms with Gasteiger partial charge in [-0.2, -0.15) is 13.2 Å². The number of hydrogen-bond acceptors (Lipinski definition) is 5. The van der Waals surface area contributed by atoms with E-state index in [1.54, 1.807) is 0 Å². The van der Waals surface area contributed by atoms with Crippen LogP contribution in [0.1, 0.15) is 40.3 Å². The van der Waals surface area contributed by atoms with Crippen LogP contribution in [0.25, 0.3) is 0 Å². The third kappa shape index (κ3) is 6.16. The van der Waals surface area contributed by atoms with Gasteiger partial charge in [0.15, 0.2) is 0 Å². The zero-order valence-corrected chi connectivity index (χ0v) is 18.7. The molecule has 0 aliphatic carbocycles. The molecule has 0 aliphatic heterocycles. The summed E-state index contributed by atoms with van der Waals surface area (Å²) >= 11 is 6.19. The lowest BCUT2D eigenvalue weighted by Gasteiger charge is -2.16. The van der Waals surface area contributed by atoms with Crippen LogP contribution in [-0.2, 0) is 6.18 Å². The van der Waals surface area contributed by atoms with Gasteiger partial charge in [-0.25, -0.2) is 0 Å². The van der Waals surface area contributed by atoms with Gasteiger partial charge in [-0.05, 0) is 56.3 Å². The number of alkyl halides is 3. The lowest BCUT2D eigenvalue weighted by molar-refractivity contribution is -0.137. The number of carbonyl (C=O) groups excluding carboxylic acids is 2. The Morgan fingerprint density at radius 2 is 1.79 bits per heavy atom. The van der Waals surface area contributed by atoms with Crippen molar-refractivity contribution < 1.29 is 32.2 Å². The molecule has 2 amide bonds. The quantitative estimate of drug-likeness (QED) is 0.440. The SMILES string of the molecule is CC(C)Oc1ccc(Oc2cc(C(F)(F)F)ccc2C(=O)Nc2ccnc(C(N)=O)c2)cc1Cl. The number of benzene rings is 2. The van der Waals surface area contributed by atoms with Crippen molar-refractivity contribution >= 4 is 29.1 Å². The number of hydrogen-bond donors (Lipinski definition) is 2. The van der Waals surface area contributed by atoms with Crippen molar-refractivity contribution in [1.29, 1.82) is 0 Å². The molecule has 3 N–H and O–H groups in total. The molecule has 3 rings (SSSR count). The fourth-order valence-corrected chi connectivity index (χ4v) is 3.05. The normalized spacial score (nSPS) is 11.3. The molecule has 0 bridgehead atoms. The number of nitrogens with one attached hydrogen (secondary N) is 1. The Kier molecular flexibility index (Phi) is 7.31. The van der Waals surface area contributed by atoms with E-state index in [1.807, 2.05) is 13.8 Å². The average Bonchev–Trinajstić information content (AvgIpc) is 2.75. The molecule has 1 heterocycles. The Hall–Kier alpha value is -3.79. The van der Waals surface area contributed by atoms with E-state index >= 15 is 0 Å². The number of aromatic nitrogens is 1. The number of primary amides is 1. The number of nitrogens with zero attached hydrogens (tertiary/aromatic N) is 1. The van der Waals surface area contributed by atoms with Gasteiger partial charge in [0, 0.05) is 18.0 Å². The van der Waals surface area contributed by atoms with E-state index in [9.17, 15) is 22.8 Å².